The quantitative estimate of drug-likeness (QED) is 0.608. The zero-order chi connectivity index (χ0) is 8.97. The van der Waals surface area contributed by atoms with Crippen LogP contribution in [0.3, 0.4) is 0 Å². The van der Waals surface area contributed by atoms with Crippen LogP contribution in [-0.2, 0) is 5.88 Å². The van der Waals surface area contributed by atoms with Crippen LogP contribution in [0.5, 0.6) is 5.88 Å². The maximum Gasteiger partial charge on any atom is 0.218 e. The van der Waals surface area contributed by atoms with E-state index in [4.69, 9.17) is 16.3 Å². The monoisotopic (exact) mass is 249 g/mol. The molecule has 0 atom stereocenters. The lowest BCUT2D eigenvalue weighted by molar-refractivity contribution is 0.323. The molecule has 66 valence electrons. The van der Waals surface area contributed by atoms with Crippen molar-refractivity contribution in [3.63, 3.8) is 0 Å². The van der Waals surface area contributed by atoms with E-state index in [9.17, 15) is 0 Å². The molecule has 1 rings (SSSR count). The second-order valence-electron chi connectivity index (χ2n) is 2.16. The molecule has 12 heavy (non-hydrogen) atoms. The van der Waals surface area contributed by atoms with Gasteiger partial charge in [0.05, 0.1) is 12.5 Å². The third kappa shape index (κ3) is 2.35. The highest BCUT2D eigenvalue weighted by molar-refractivity contribution is 9.10. The molecule has 0 saturated heterocycles. The third-order valence-corrected chi connectivity index (χ3v) is 2.06. The van der Waals surface area contributed by atoms with Crippen molar-refractivity contribution in [3.8, 4) is 5.88 Å². The van der Waals surface area contributed by atoms with Crippen LogP contribution in [0, 0.1) is 0 Å². The van der Waals surface area contributed by atoms with Gasteiger partial charge in [0.2, 0.25) is 5.88 Å². The Labute approximate surface area is 85.0 Å². The van der Waals surface area contributed by atoms with Crippen LogP contribution in [0.15, 0.2) is 16.7 Å². The highest BCUT2D eigenvalue weighted by Gasteiger charge is 2.03. The molecule has 1 aromatic rings. The topological polar surface area (TPSA) is 22.1 Å². The predicted molar refractivity (Wildman–Crippen MR) is 52.7 cm³/mol. The molecule has 0 bridgehead atoms. The Morgan fingerprint density at radius 1 is 1.58 bits per heavy atom. The fraction of sp³-hybridized carbons (Fsp3) is 0.375. The van der Waals surface area contributed by atoms with Crippen LogP contribution in [-0.4, -0.2) is 11.6 Å². The first-order valence-corrected chi connectivity index (χ1v) is 4.95. The number of aromatic nitrogens is 1. The van der Waals surface area contributed by atoms with Gasteiger partial charge >= 0.3 is 0 Å². The summed E-state index contributed by atoms with van der Waals surface area (Å²) in [6.07, 6.45) is 0. The molecule has 0 aliphatic carbocycles. The molecule has 0 saturated carbocycles. The summed E-state index contributed by atoms with van der Waals surface area (Å²) in [7, 11) is 0. The van der Waals surface area contributed by atoms with Gasteiger partial charge in [-0.2, -0.15) is 0 Å². The van der Waals surface area contributed by atoms with Crippen molar-refractivity contribution in [2.24, 2.45) is 0 Å². The Kier molecular flexibility index (Phi) is 3.82. The summed E-state index contributed by atoms with van der Waals surface area (Å²) < 4.78 is 6.05. The number of alkyl halides is 1. The van der Waals surface area contributed by atoms with Gasteiger partial charge in [0.1, 0.15) is 4.60 Å². The summed E-state index contributed by atoms with van der Waals surface area (Å²) in [6, 6.07) is 3.75. The molecule has 4 heteroatoms. The van der Waals surface area contributed by atoms with Gasteiger partial charge in [-0.1, -0.05) is 0 Å². The molecule has 0 spiro atoms. The molecule has 1 heterocycles. The summed E-state index contributed by atoms with van der Waals surface area (Å²) in [4.78, 5) is 4.14. The normalized spacial score (nSPS) is 9.92. The number of halogens is 2. The van der Waals surface area contributed by atoms with E-state index < -0.39 is 0 Å². The van der Waals surface area contributed by atoms with Gasteiger partial charge in [0.15, 0.2) is 0 Å². The molecule has 0 N–H and O–H groups in total. The maximum atomic E-state index is 5.68. The summed E-state index contributed by atoms with van der Waals surface area (Å²) in [5.41, 5.74) is 0.918. The SMILES string of the molecule is CCOc1nc(Br)ccc1CCl. The number of ether oxygens (including phenoxy) is 1. The van der Waals surface area contributed by atoms with Gasteiger partial charge in [0.25, 0.3) is 0 Å². The number of hydrogen-bond donors (Lipinski definition) is 0. The summed E-state index contributed by atoms with van der Waals surface area (Å²) in [5.74, 6) is 1.04. The summed E-state index contributed by atoms with van der Waals surface area (Å²) >= 11 is 8.95. The molecule has 0 unspecified atom stereocenters. The molecule has 1 aromatic heterocycles. The van der Waals surface area contributed by atoms with Gasteiger partial charge in [0, 0.05) is 5.56 Å². The Bertz CT molecular complexity index is 267. The van der Waals surface area contributed by atoms with Gasteiger partial charge in [-0.25, -0.2) is 4.98 Å². The first-order valence-electron chi connectivity index (χ1n) is 3.62. The fourth-order valence-electron chi connectivity index (χ4n) is 0.810. The first-order chi connectivity index (χ1) is 5.77. The van der Waals surface area contributed by atoms with E-state index in [1.165, 1.54) is 0 Å². The minimum atomic E-state index is 0.426. The maximum absolute atomic E-state index is 5.68. The number of rotatable bonds is 3. The van der Waals surface area contributed by atoms with Crippen LogP contribution < -0.4 is 4.74 Å². The number of nitrogens with zero attached hydrogens (tertiary/aromatic N) is 1. The van der Waals surface area contributed by atoms with Gasteiger partial charge < -0.3 is 4.74 Å². The van der Waals surface area contributed by atoms with Gasteiger partial charge in [-0.15, -0.1) is 11.6 Å². The van der Waals surface area contributed by atoms with E-state index in [0.717, 1.165) is 10.2 Å². The van der Waals surface area contributed by atoms with Crippen molar-refractivity contribution < 1.29 is 4.74 Å². The van der Waals surface area contributed by atoms with E-state index in [1.807, 2.05) is 19.1 Å². The molecule has 0 aliphatic rings. The third-order valence-electron chi connectivity index (χ3n) is 1.33. The second kappa shape index (κ2) is 4.67. The van der Waals surface area contributed by atoms with E-state index in [-0.39, 0.29) is 0 Å². The Balaban J connectivity index is 2.95. The van der Waals surface area contributed by atoms with E-state index in [1.54, 1.807) is 0 Å². The molecule has 0 radical (unpaired) electrons. The molecular formula is C8H9BrClNO. The zero-order valence-corrected chi connectivity index (χ0v) is 9.02. The zero-order valence-electron chi connectivity index (χ0n) is 6.68. The molecule has 0 fully saturated rings. The lowest BCUT2D eigenvalue weighted by Crippen LogP contribution is -1.98. The van der Waals surface area contributed by atoms with Crippen LogP contribution in [0.2, 0.25) is 0 Å². The van der Waals surface area contributed by atoms with Crippen LogP contribution >= 0.6 is 27.5 Å². The minimum Gasteiger partial charge on any atom is -0.478 e. The minimum absolute atomic E-state index is 0.426. The van der Waals surface area contributed by atoms with Crippen molar-refractivity contribution in [2.45, 2.75) is 12.8 Å². The standard InChI is InChI=1S/C8H9BrClNO/c1-2-12-8-6(5-10)3-4-7(9)11-8/h3-4H,2,5H2,1H3. The van der Waals surface area contributed by atoms with E-state index >= 15 is 0 Å². The summed E-state index contributed by atoms with van der Waals surface area (Å²) in [6.45, 7) is 2.52. The fourth-order valence-corrected chi connectivity index (χ4v) is 1.31. The average molecular weight is 251 g/mol. The molecule has 0 amide bonds. The van der Waals surface area contributed by atoms with E-state index in [2.05, 4.69) is 20.9 Å². The lowest BCUT2D eigenvalue weighted by Gasteiger charge is -2.06. The number of pyridine rings is 1. The van der Waals surface area contributed by atoms with Crippen molar-refractivity contribution in [1.29, 1.82) is 0 Å². The van der Waals surface area contributed by atoms with Gasteiger partial charge in [-0.3, -0.25) is 0 Å². The van der Waals surface area contributed by atoms with Crippen LogP contribution in [0.4, 0.5) is 0 Å². The van der Waals surface area contributed by atoms with Crippen molar-refractivity contribution in [2.75, 3.05) is 6.61 Å². The number of hydrogen-bond acceptors (Lipinski definition) is 2. The predicted octanol–water partition coefficient (Wildman–Crippen LogP) is 2.98. The smallest absolute Gasteiger partial charge is 0.218 e. The molecule has 2 nitrogen and oxygen atoms in total. The van der Waals surface area contributed by atoms with Crippen molar-refractivity contribution in [3.05, 3.63) is 22.3 Å². The molecule has 0 aliphatic heterocycles. The molecule has 0 aromatic carbocycles. The highest BCUT2D eigenvalue weighted by Crippen LogP contribution is 2.20. The Morgan fingerprint density at radius 3 is 2.92 bits per heavy atom. The highest BCUT2D eigenvalue weighted by atomic mass is 79.9. The van der Waals surface area contributed by atoms with Crippen LogP contribution in [0.25, 0.3) is 0 Å². The first kappa shape index (κ1) is 9.81. The summed E-state index contributed by atoms with van der Waals surface area (Å²) in [5, 5.41) is 0. The second-order valence-corrected chi connectivity index (χ2v) is 3.24. The largest absolute Gasteiger partial charge is 0.478 e. The Morgan fingerprint density at radius 2 is 2.33 bits per heavy atom. The van der Waals surface area contributed by atoms with Crippen LogP contribution in [0.1, 0.15) is 12.5 Å². The van der Waals surface area contributed by atoms with Crippen molar-refractivity contribution in [1.82, 2.24) is 4.98 Å². The lowest BCUT2D eigenvalue weighted by atomic mass is 10.3. The van der Waals surface area contributed by atoms with E-state index in [0.29, 0.717) is 18.4 Å². The molecular weight excluding hydrogens is 241 g/mol. The van der Waals surface area contributed by atoms with Gasteiger partial charge in [-0.05, 0) is 35.0 Å². The van der Waals surface area contributed by atoms with Crippen molar-refractivity contribution >= 4 is 27.5 Å². The average Bonchev–Trinajstić information content (AvgIpc) is 2.05. The Hall–Kier alpha value is -0.280.